The fourth-order valence-electron chi connectivity index (χ4n) is 1.81. The highest BCUT2D eigenvalue weighted by Gasteiger charge is 2.16. The van der Waals surface area contributed by atoms with Crippen molar-refractivity contribution in [3.8, 4) is 0 Å². The van der Waals surface area contributed by atoms with Crippen LogP contribution in [-0.4, -0.2) is 21.0 Å². The van der Waals surface area contributed by atoms with Crippen LogP contribution in [0.1, 0.15) is 41.6 Å². The van der Waals surface area contributed by atoms with Gasteiger partial charge in [-0.3, -0.25) is 0 Å². The van der Waals surface area contributed by atoms with Crippen LogP contribution in [0.3, 0.4) is 0 Å². The fraction of sp³-hybridized carbons (Fsp3) is 0.267. The average Bonchev–Trinajstić information content (AvgIpc) is 2.43. The van der Waals surface area contributed by atoms with E-state index >= 15 is 0 Å². The number of aromatic nitrogens is 2. The van der Waals surface area contributed by atoms with Crippen molar-refractivity contribution in [1.29, 1.82) is 0 Å². The van der Waals surface area contributed by atoms with Crippen LogP contribution in [0.2, 0.25) is 0 Å². The third-order valence-electron chi connectivity index (χ3n) is 2.96. The molecule has 0 atom stereocenters. The van der Waals surface area contributed by atoms with Crippen LogP contribution in [0.4, 0.5) is 11.4 Å². The quantitative estimate of drug-likeness (QED) is 0.868. The molecule has 5 nitrogen and oxygen atoms in total. The number of hydrogen-bond acceptors (Lipinski definition) is 4. The lowest BCUT2D eigenvalue weighted by atomic mass is 10.2. The van der Waals surface area contributed by atoms with Gasteiger partial charge in [-0.25, -0.2) is 14.8 Å². The number of aryl methyl sites for hydroxylation is 1. The van der Waals surface area contributed by atoms with Crippen molar-refractivity contribution >= 4 is 33.3 Å². The zero-order valence-corrected chi connectivity index (χ0v) is 13.6. The molecule has 1 aromatic heterocycles. The number of rotatable bonds is 4. The molecule has 110 valence electrons. The highest BCUT2D eigenvalue weighted by Crippen LogP contribution is 2.24. The number of carbonyl (C=O) groups is 1. The van der Waals surface area contributed by atoms with Gasteiger partial charge in [-0.15, -0.1) is 0 Å². The predicted octanol–water partition coefficient (Wildman–Crippen LogP) is 4.11. The standard InChI is InChI=1S/C15H16BrN3O2/c1-8(2)14-17-7-12(13(19-14)15(20)21)18-10-4-5-11(16)9(3)6-10/h4-8,18H,1-3H3,(H,20,21). The molecule has 0 spiro atoms. The summed E-state index contributed by atoms with van der Waals surface area (Å²) in [6.07, 6.45) is 1.52. The lowest BCUT2D eigenvalue weighted by molar-refractivity contribution is 0.0691. The Morgan fingerprint density at radius 2 is 2.10 bits per heavy atom. The van der Waals surface area contributed by atoms with Crippen molar-refractivity contribution in [2.75, 3.05) is 5.32 Å². The lowest BCUT2D eigenvalue weighted by Crippen LogP contribution is -2.10. The first-order chi connectivity index (χ1) is 9.88. The molecule has 0 aliphatic rings. The molecule has 0 amide bonds. The van der Waals surface area contributed by atoms with Crippen LogP contribution in [0.5, 0.6) is 0 Å². The molecule has 2 N–H and O–H groups in total. The van der Waals surface area contributed by atoms with Gasteiger partial charge in [0.2, 0.25) is 0 Å². The summed E-state index contributed by atoms with van der Waals surface area (Å²) in [5, 5.41) is 12.4. The van der Waals surface area contributed by atoms with Crippen LogP contribution >= 0.6 is 15.9 Å². The molecular weight excluding hydrogens is 334 g/mol. The van der Waals surface area contributed by atoms with Crippen LogP contribution in [0, 0.1) is 6.92 Å². The van der Waals surface area contributed by atoms with Crippen LogP contribution in [0.25, 0.3) is 0 Å². The number of carboxylic acid groups (broad SMARTS) is 1. The minimum Gasteiger partial charge on any atom is -0.476 e. The van der Waals surface area contributed by atoms with Gasteiger partial charge in [0.05, 0.1) is 11.9 Å². The van der Waals surface area contributed by atoms with Crippen molar-refractivity contribution < 1.29 is 9.90 Å². The second-order valence-corrected chi connectivity index (χ2v) is 5.89. The summed E-state index contributed by atoms with van der Waals surface area (Å²) in [5.41, 5.74) is 2.21. The van der Waals surface area contributed by atoms with Gasteiger partial charge in [-0.05, 0) is 30.7 Å². The van der Waals surface area contributed by atoms with E-state index in [1.807, 2.05) is 39.0 Å². The Labute approximate surface area is 131 Å². The molecule has 0 bridgehead atoms. The SMILES string of the molecule is Cc1cc(Nc2cnc(C(C)C)nc2C(=O)O)ccc1Br. The number of hydrogen-bond donors (Lipinski definition) is 2. The molecule has 0 fully saturated rings. The van der Waals surface area contributed by atoms with E-state index < -0.39 is 5.97 Å². The van der Waals surface area contributed by atoms with Crippen molar-refractivity contribution in [1.82, 2.24) is 9.97 Å². The van der Waals surface area contributed by atoms with Crippen LogP contribution in [0.15, 0.2) is 28.9 Å². The van der Waals surface area contributed by atoms with Gasteiger partial charge in [0.15, 0.2) is 5.69 Å². The van der Waals surface area contributed by atoms with Crippen molar-refractivity contribution in [2.24, 2.45) is 0 Å². The van der Waals surface area contributed by atoms with E-state index in [4.69, 9.17) is 0 Å². The van der Waals surface area contributed by atoms with Gasteiger partial charge in [0.1, 0.15) is 5.82 Å². The van der Waals surface area contributed by atoms with E-state index in [9.17, 15) is 9.90 Å². The maximum absolute atomic E-state index is 11.4. The van der Waals surface area contributed by atoms with E-state index in [2.05, 4.69) is 31.2 Å². The Kier molecular flexibility index (Phi) is 4.57. The second-order valence-electron chi connectivity index (χ2n) is 5.04. The molecule has 2 rings (SSSR count). The zero-order chi connectivity index (χ0) is 15.6. The van der Waals surface area contributed by atoms with Crippen LogP contribution < -0.4 is 5.32 Å². The van der Waals surface area contributed by atoms with Crippen LogP contribution in [-0.2, 0) is 0 Å². The van der Waals surface area contributed by atoms with E-state index in [0.717, 1.165) is 15.7 Å². The van der Waals surface area contributed by atoms with Gasteiger partial charge in [-0.1, -0.05) is 29.8 Å². The third-order valence-corrected chi connectivity index (χ3v) is 3.85. The Morgan fingerprint density at radius 3 is 2.67 bits per heavy atom. The first-order valence-corrected chi connectivity index (χ1v) is 7.31. The minimum absolute atomic E-state index is 0.0192. The summed E-state index contributed by atoms with van der Waals surface area (Å²) >= 11 is 3.43. The molecule has 0 aliphatic heterocycles. The molecular formula is C15H16BrN3O2. The monoisotopic (exact) mass is 349 g/mol. The molecule has 0 saturated heterocycles. The van der Waals surface area contributed by atoms with Gasteiger partial charge in [-0.2, -0.15) is 0 Å². The van der Waals surface area contributed by atoms with Crippen molar-refractivity contribution in [3.63, 3.8) is 0 Å². The van der Waals surface area contributed by atoms with E-state index in [0.29, 0.717) is 11.5 Å². The predicted molar refractivity (Wildman–Crippen MR) is 85.2 cm³/mol. The molecule has 0 aliphatic carbocycles. The molecule has 2 aromatic rings. The molecule has 0 saturated carbocycles. The Morgan fingerprint density at radius 1 is 1.38 bits per heavy atom. The number of benzene rings is 1. The molecule has 6 heteroatoms. The largest absolute Gasteiger partial charge is 0.476 e. The first-order valence-electron chi connectivity index (χ1n) is 6.52. The maximum Gasteiger partial charge on any atom is 0.356 e. The Hall–Kier alpha value is -1.95. The third kappa shape index (κ3) is 3.58. The van der Waals surface area contributed by atoms with E-state index in [1.165, 1.54) is 6.20 Å². The summed E-state index contributed by atoms with van der Waals surface area (Å²) in [4.78, 5) is 19.7. The second kappa shape index (κ2) is 6.22. The normalized spacial score (nSPS) is 10.7. The topological polar surface area (TPSA) is 75.1 Å². The molecule has 1 aromatic carbocycles. The molecule has 1 heterocycles. The summed E-state index contributed by atoms with van der Waals surface area (Å²) in [6.45, 7) is 5.81. The number of nitrogens with one attached hydrogen (secondary N) is 1. The highest BCUT2D eigenvalue weighted by atomic mass is 79.9. The van der Waals surface area contributed by atoms with Gasteiger partial charge in [0, 0.05) is 16.1 Å². The Balaban J connectivity index is 2.39. The van der Waals surface area contributed by atoms with Gasteiger partial charge in [0.25, 0.3) is 0 Å². The molecule has 0 unspecified atom stereocenters. The van der Waals surface area contributed by atoms with Gasteiger partial charge >= 0.3 is 5.97 Å². The van der Waals surface area contributed by atoms with Crippen molar-refractivity contribution in [3.05, 3.63) is 46.0 Å². The first kappa shape index (κ1) is 15.4. The Bertz CT molecular complexity index is 687. The van der Waals surface area contributed by atoms with E-state index in [-0.39, 0.29) is 11.6 Å². The van der Waals surface area contributed by atoms with Crippen molar-refractivity contribution in [2.45, 2.75) is 26.7 Å². The number of anilines is 2. The summed E-state index contributed by atoms with van der Waals surface area (Å²) in [7, 11) is 0. The summed E-state index contributed by atoms with van der Waals surface area (Å²) in [6, 6.07) is 5.69. The van der Waals surface area contributed by atoms with E-state index in [1.54, 1.807) is 0 Å². The molecule has 0 radical (unpaired) electrons. The number of carboxylic acids is 1. The highest BCUT2D eigenvalue weighted by molar-refractivity contribution is 9.10. The number of nitrogens with zero attached hydrogens (tertiary/aromatic N) is 2. The zero-order valence-electron chi connectivity index (χ0n) is 12.0. The molecule has 21 heavy (non-hydrogen) atoms. The lowest BCUT2D eigenvalue weighted by Gasteiger charge is -2.12. The number of halogens is 1. The number of aromatic carboxylic acids is 1. The fourth-order valence-corrected chi connectivity index (χ4v) is 2.05. The maximum atomic E-state index is 11.4. The van der Waals surface area contributed by atoms with Gasteiger partial charge < -0.3 is 10.4 Å². The smallest absolute Gasteiger partial charge is 0.356 e. The minimum atomic E-state index is -1.07. The summed E-state index contributed by atoms with van der Waals surface area (Å²) < 4.78 is 0.998. The average molecular weight is 350 g/mol. The summed E-state index contributed by atoms with van der Waals surface area (Å²) in [5.74, 6) is -0.479.